The molecule has 10 aromatic rings. The summed E-state index contributed by atoms with van der Waals surface area (Å²) >= 11 is 0. The van der Waals surface area contributed by atoms with Crippen molar-refractivity contribution in [2.24, 2.45) is 0 Å². The van der Waals surface area contributed by atoms with E-state index in [0.29, 0.717) is 0 Å². The predicted molar refractivity (Wildman–Crippen MR) is 186 cm³/mol. The SMILES string of the molecule is c1ccc(-c2cc(-c3cccc4oc5ccccc5c34)cc3c2oc2c(-n4c5ccccc5c5ccccc54)cccc23)cc1. The summed E-state index contributed by atoms with van der Waals surface area (Å²) in [6, 6.07) is 53.5. The van der Waals surface area contributed by atoms with E-state index >= 15 is 0 Å². The molecule has 0 radical (unpaired) electrons. The van der Waals surface area contributed by atoms with E-state index in [1.807, 2.05) is 12.1 Å². The number of aromatic nitrogens is 1. The van der Waals surface area contributed by atoms with Gasteiger partial charge in [-0.2, -0.15) is 0 Å². The normalized spacial score (nSPS) is 12.0. The lowest BCUT2D eigenvalue weighted by Crippen LogP contribution is -1.93. The summed E-state index contributed by atoms with van der Waals surface area (Å²) in [5.74, 6) is 0. The Kier molecular flexibility index (Phi) is 5.00. The highest BCUT2D eigenvalue weighted by molar-refractivity contribution is 6.17. The third kappa shape index (κ3) is 3.46. The highest BCUT2D eigenvalue weighted by Crippen LogP contribution is 2.44. The zero-order valence-corrected chi connectivity index (χ0v) is 24.2. The molecule has 210 valence electrons. The average molecular weight is 576 g/mol. The van der Waals surface area contributed by atoms with Crippen molar-refractivity contribution in [2.75, 3.05) is 0 Å². The molecule has 0 saturated carbocycles. The van der Waals surface area contributed by atoms with Crippen molar-refractivity contribution >= 4 is 65.7 Å². The van der Waals surface area contributed by atoms with E-state index in [-0.39, 0.29) is 0 Å². The summed E-state index contributed by atoms with van der Waals surface area (Å²) in [4.78, 5) is 0. The number of rotatable bonds is 3. The zero-order valence-electron chi connectivity index (χ0n) is 24.2. The highest BCUT2D eigenvalue weighted by atomic mass is 16.3. The molecule has 0 aliphatic carbocycles. The minimum atomic E-state index is 0.875. The van der Waals surface area contributed by atoms with Crippen LogP contribution in [-0.2, 0) is 0 Å². The van der Waals surface area contributed by atoms with Gasteiger partial charge in [0.15, 0.2) is 5.58 Å². The maximum atomic E-state index is 6.99. The number of para-hydroxylation sites is 4. The maximum absolute atomic E-state index is 6.99. The molecule has 0 amide bonds. The monoisotopic (exact) mass is 575 g/mol. The van der Waals surface area contributed by atoms with Gasteiger partial charge in [-0.25, -0.2) is 0 Å². The summed E-state index contributed by atoms with van der Waals surface area (Å²) in [6.45, 7) is 0. The van der Waals surface area contributed by atoms with Crippen LogP contribution in [0.3, 0.4) is 0 Å². The molecule has 3 aromatic heterocycles. The van der Waals surface area contributed by atoms with E-state index in [1.165, 1.54) is 10.8 Å². The van der Waals surface area contributed by atoms with Crippen molar-refractivity contribution in [1.82, 2.24) is 4.57 Å². The number of hydrogen-bond acceptors (Lipinski definition) is 2. The maximum Gasteiger partial charge on any atom is 0.159 e. The van der Waals surface area contributed by atoms with E-state index in [1.54, 1.807) is 0 Å². The third-order valence-electron chi connectivity index (χ3n) is 9.20. The van der Waals surface area contributed by atoms with Crippen molar-refractivity contribution in [3.63, 3.8) is 0 Å². The molecule has 0 aliphatic rings. The zero-order chi connectivity index (χ0) is 29.5. The van der Waals surface area contributed by atoms with Crippen LogP contribution in [0.25, 0.3) is 93.6 Å². The molecule has 7 aromatic carbocycles. The average Bonchev–Trinajstić information content (AvgIpc) is 3.78. The van der Waals surface area contributed by atoms with Gasteiger partial charge in [-0.15, -0.1) is 0 Å². The number of nitrogens with zero attached hydrogens (tertiary/aromatic N) is 1. The van der Waals surface area contributed by atoms with Crippen LogP contribution >= 0.6 is 0 Å². The van der Waals surface area contributed by atoms with Gasteiger partial charge in [0.05, 0.1) is 16.7 Å². The van der Waals surface area contributed by atoms with Gasteiger partial charge in [0, 0.05) is 37.9 Å². The third-order valence-corrected chi connectivity index (χ3v) is 9.20. The summed E-state index contributed by atoms with van der Waals surface area (Å²) < 4.78 is 15.6. The molecule has 3 nitrogen and oxygen atoms in total. The second-order valence-corrected chi connectivity index (χ2v) is 11.7. The molecule has 0 saturated heterocycles. The van der Waals surface area contributed by atoms with Crippen LogP contribution in [0.15, 0.2) is 160 Å². The van der Waals surface area contributed by atoms with Crippen LogP contribution in [0.5, 0.6) is 0 Å². The Morgan fingerprint density at radius 2 is 1.02 bits per heavy atom. The molecular weight excluding hydrogens is 550 g/mol. The highest BCUT2D eigenvalue weighted by Gasteiger charge is 2.21. The Bertz CT molecular complexity index is 2710. The first kappa shape index (κ1) is 24.4. The molecule has 0 fully saturated rings. The Hall–Kier alpha value is -6.06. The first-order valence-corrected chi connectivity index (χ1v) is 15.3. The standard InChI is InChI=1S/C42H25NO2/c1-2-12-26(13-3-1)33-24-27(28-17-11-23-39-40(28)32-16-6-9-22-38(32)44-39)25-34-31-18-10-21-37(42(31)45-41(33)34)43-35-19-7-4-14-29(35)30-15-5-8-20-36(30)43/h1-25H. The summed E-state index contributed by atoms with van der Waals surface area (Å²) in [5, 5.41) is 6.89. The van der Waals surface area contributed by atoms with Gasteiger partial charge in [0.2, 0.25) is 0 Å². The molecule has 45 heavy (non-hydrogen) atoms. The van der Waals surface area contributed by atoms with Crippen LogP contribution in [-0.4, -0.2) is 4.57 Å². The van der Waals surface area contributed by atoms with Gasteiger partial charge >= 0.3 is 0 Å². The fourth-order valence-corrected chi connectivity index (χ4v) is 7.25. The Labute approximate surface area is 258 Å². The quantitative estimate of drug-likeness (QED) is 0.210. The fraction of sp³-hybridized carbons (Fsp3) is 0. The Morgan fingerprint density at radius 3 is 1.82 bits per heavy atom. The molecular formula is C42H25NO2. The van der Waals surface area contributed by atoms with E-state index in [2.05, 4.69) is 144 Å². The van der Waals surface area contributed by atoms with Crippen molar-refractivity contribution < 1.29 is 8.83 Å². The van der Waals surface area contributed by atoms with E-state index in [4.69, 9.17) is 8.83 Å². The first-order chi connectivity index (χ1) is 22.3. The summed E-state index contributed by atoms with van der Waals surface area (Å²) in [7, 11) is 0. The minimum Gasteiger partial charge on any atom is -0.456 e. The molecule has 0 spiro atoms. The summed E-state index contributed by atoms with van der Waals surface area (Å²) in [5.41, 5.74) is 11.4. The Balaban J connectivity index is 1.32. The molecule has 0 unspecified atom stereocenters. The van der Waals surface area contributed by atoms with Crippen molar-refractivity contribution in [3.05, 3.63) is 152 Å². The Morgan fingerprint density at radius 1 is 0.378 bits per heavy atom. The lowest BCUT2D eigenvalue weighted by atomic mass is 9.93. The van der Waals surface area contributed by atoms with Crippen molar-refractivity contribution in [1.29, 1.82) is 0 Å². The van der Waals surface area contributed by atoms with Crippen molar-refractivity contribution in [2.45, 2.75) is 0 Å². The smallest absolute Gasteiger partial charge is 0.159 e. The van der Waals surface area contributed by atoms with Gasteiger partial charge in [-0.3, -0.25) is 0 Å². The number of benzene rings is 7. The van der Waals surface area contributed by atoms with E-state index in [9.17, 15) is 0 Å². The van der Waals surface area contributed by atoms with Crippen LogP contribution in [0.1, 0.15) is 0 Å². The summed E-state index contributed by atoms with van der Waals surface area (Å²) in [6.07, 6.45) is 0. The van der Waals surface area contributed by atoms with Gasteiger partial charge in [-0.05, 0) is 59.2 Å². The minimum absolute atomic E-state index is 0.875. The number of furan rings is 2. The van der Waals surface area contributed by atoms with E-state index in [0.717, 1.165) is 82.9 Å². The van der Waals surface area contributed by atoms with Crippen molar-refractivity contribution in [3.8, 4) is 27.9 Å². The van der Waals surface area contributed by atoms with Gasteiger partial charge in [0.25, 0.3) is 0 Å². The lowest BCUT2D eigenvalue weighted by molar-refractivity contribution is 0.667. The number of hydrogen-bond donors (Lipinski definition) is 0. The first-order valence-electron chi connectivity index (χ1n) is 15.3. The predicted octanol–water partition coefficient (Wildman–Crippen LogP) is 11.9. The number of fused-ring (bicyclic) bond motifs is 9. The molecule has 10 rings (SSSR count). The lowest BCUT2D eigenvalue weighted by Gasteiger charge is -2.09. The molecule has 0 atom stereocenters. The second-order valence-electron chi connectivity index (χ2n) is 11.7. The van der Waals surface area contributed by atoms with Gasteiger partial charge in [-0.1, -0.05) is 109 Å². The van der Waals surface area contributed by atoms with Crippen LogP contribution < -0.4 is 0 Å². The van der Waals surface area contributed by atoms with Crippen LogP contribution in [0.2, 0.25) is 0 Å². The molecule has 0 N–H and O–H groups in total. The topological polar surface area (TPSA) is 31.2 Å². The van der Waals surface area contributed by atoms with Crippen LogP contribution in [0, 0.1) is 0 Å². The van der Waals surface area contributed by atoms with E-state index < -0.39 is 0 Å². The fourth-order valence-electron chi connectivity index (χ4n) is 7.25. The molecule has 0 aliphatic heterocycles. The van der Waals surface area contributed by atoms with Gasteiger partial charge < -0.3 is 13.4 Å². The van der Waals surface area contributed by atoms with Gasteiger partial charge in [0.1, 0.15) is 16.7 Å². The second kappa shape index (κ2) is 9.22. The molecule has 0 bridgehead atoms. The molecule has 3 heterocycles. The molecule has 3 heteroatoms. The van der Waals surface area contributed by atoms with Crippen LogP contribution in [0.4, 0.5) is 0 Å². The largest absolute Gasteiger partial charge is 0.456 e.